The fourth-order valence-electron chi connectivity index (χ4n) is 3.20. The Morgan fingerprint density at radius 1 is 1.14 bits per heavy atom. The van der Waals surface area contributed by atoms with Crippen LogP contribution in [-0.2, 0) is 0 Å². The number of carbonyl (C=O) groups is 1. The molecule has 2 aromatic carbocycles. The topological polar surface area (TPSA) is 45.7 Å². The number of aromatic nitrogens is 1. The van der Waals surface area contributed by atoms with Crippen LogP contribution in [0.15, 0.2) is 30.3 Å². The summed E-state index contributed by atoms with van der Waals surface area (Å²) < 4.78 is 20.3. The number of hydrogen-bond donors (Lipinski definition) is 0. The van der Waals surface area contributed by atoms with Crippen molar-refractivity contribution < 1.29 is 13.9 Å². The smallest absolute Gasteiger partial charge is 0.258 e. The van der Waals surface area contributed by atoms with Crippen LogP contribution in [0.2, 0.25) is 10.0 Å². The van der Waals surface area contributed by atoms with E-state index in [1.807, 2.05) is 0 Å². The minimum Gasteiger partial charge on any atom is -0.494 e. The summed E-state index contributed by atoms with van der Waals surface area (Å²) in [5.74, 6) is -0.325. The van der Waals surface area contributed by atoms with Gasteiger partial charge in [0.2, 0.25) is 0 Å². The Labute approximate surface area is 175 Å². The summed E-state index contributed by atoms with van der Waals surface area (Å²) in [5, 5.41) is 1.57. The molecule has 4 rings (SSSR count). The van der Waals surface area contributed by atoms with Crippen molar-refractivity contribution in [2.24, 2.45) is 0 Å². The minimum absolute atomic E-state index is 0.0749. The lowest BCUT2D eigenvalue weighted by Gasteiger charge is -2.34. The zero-order valence-corrected chi connectivity index (χ0v) is 17.2. The molecule has 0 bridgehead atoms. The molecule has 9 heteroatoms. The fraction of sp³-hybridized carbons (Fsp3) is 0.263. The summed E-state index contributed by atoms with van der Waals surface area (Å²) in [6.45, 7) is 2.06. The van der Waals surface area contributed by atoms with E-state index in [9.17, 15) is 9.18 Å². The van der Waals surface area contributed by atoms with Gasteiger partial charge in [-0.25, -0.2) is 9.37 Å². The lowest BCUT2D eigenvalue weighted by molar-refractivity contribution is 0.0742. The maximum absolute atomic E-state index is 14.0. The van der Waals surface area contributed by atoms with Crippen LogP contribution in [0.25, 0.3) is 10.2 Å². The lowest BCUT2D eigenvalue weighted by Crippen LogP contribution is -2.49. The molecule has 2 heterocycles. The lowest BCUT2D eigenvalue weighted by atomic mass is 10.1. The summed E-state index contributed by atoms with van der Waals surface area (Å²) in [6.07, 6.45) is 0. The number of nitrogens with zero attached hydrogens (tertiary/aromatic N) is 3. The average Bonchev–Trinajstić information content (AvgIpc) is 3.15. The zero-order valence-electron chi connectivity index (χ0n) is 14.9. The van der Waals surface area contributed by atoms with E-state index >= 15 is 0 Å². The molecular weight excluding hydrogens is 424 g/mol. The van der Waals surface area contributed by atoms with Crippen LogP contribution in [0.4, 0.5) is 9.52 Å². The maximum atomic E-state index is 14.0. The van der Waals surface area contributed by atoms with E-state index in [1.165, 1.54) is 29.5 Å². The van der Waals surface area contributed by atoms with E-state index in [2.05, 4.69) is 9.88 Å². The molecule has 1 aliphatic heterocycles. The molecule has 5 nitrogen and oxygen atoms in total. The Kier molecular flexibility index (Phi) is 5.31. The first-order valence-electron chi connectivity index (χ1n) is 8.61. The van der Waals surface area contributed by atoms with Crippen molar-refractivity contribution >= 4 is 55.8 Å². The first-order valence-corrected chi connectivity index (χ1v) is 10.2. The number of amides is 1. The minimum atomic E-state index is -0.604. The number of rotatable bonds is 3. The number of ether oxygens (including phenoxy) is 1. The predicted molar refractivity (Wildman–Crippen MR) is 111 cm³/mol. The molecule has 1 aromatic heterocycles. The van der Waals surface area contributed by atoms with E-state index in [0.29, 0.717) is 37.0 Å². The number of hydrogen-bond acceptors (Lipinski definition) is 5. The molecule has 0 unspecified atom stereocenters. The van der Waals surface area contributed by atoms with Gasteiger partial charge in [-0.3, -0.25) is 4.79 Å². The highest BCUT2D eigenvalue weighted by atomic mass is 35.5. The van der Waals surface area contributed by atoms with E-state index < -0.39 is 11.7 Å². The Balaban J connectivity index is 1.52. The first kappa shape index (κ1) is 19.2. The standard InChI is InChI=1S/C19H16Cl2FN3O2S/c1-27-14-6-5-12(21)17-16(14)23-19(28-17)25-9-7-24(8-10-25)18(26)15-11(20)3-2-4-13(15)22/h2-6H,7-10H2,1H3. The molecule has 0 aliphatic carbocycles. The van der Waals surface area contributed by atoms with Crippen molar-refractivity contribution in [2.45, 2.75) is 0 Å². The fourth-order valence-corrected chi connectivity index (χ4v) is 4.75. The van der Waals surface area contributed by atoms with Gasteiger partial charge in [0.25, 0.3) is 5.91 Å². The van der Waals surface area contributed by atoms with Gasteiger partial charge in [-0.2, -0.15) is 0 Å². The van der Waals surface area contributed by atoms with Gasteiger partial charge < -0.3 is 14.5 Å². The summed E-state index contributed by atoms with van der Waals surface area (Å²) in [7, 11) is 1.60. The van der Waals surface area contributed by atoms with Crippen molar-refractivity contribution in [3.63, 3.8) is 0 Å². The third-order valence-electron chi connectivity index (χ3n) is 4.68. The number of methoxy groups -OCH3 is 1. The van der Waals surface area contributed by atoms with Crippen molar-refractivity contribution in [1.29, 1.82) is 0 Å². The normalized spacial score (nSPS) is 14.6. The second kappa shape index (κ2) is 7.73. The maximum Gasteiger partial charge on any atom is 0.258 e. The summed E-state index contributed by atoms with van der Waals surface area (Å²) in [4.78, 5) is 21.1. The molecule has 0 atom stereocenters. The van der Waals surface area contributed by atoms with E-state index in [0.717, 1.165) is 15.3 Å². The Morgan fingerprint density at radius 3 is 2.57 bits per heavy atom. The molecule has 0 N–H and O–H groups in total. The van der Waals surface area contributed by atoms with Crippen LogP contribution in [0.1, 0.15) is 10.4 Å². The highest BCUT2D eigenvalue weighted by molar-refractivity contribution is 7.22. The van der Waals surface area contributed by atoms with Crippen molar-refractivity contribution in [2.75, 3.05) is 38.2 Å². The number of fused-ring (bicyclic) bond motifs is 1. The average molecular weight is 440 g/mol. The molecule has 1 aliphatic rings. The zero-order chi connectivity index (χ0) is 19.8. The molecule has 3 aromatic rings. The van der Waals surface area contributed by atoms with Gasteiger partial charge in [-0.1, -0.05) is 40.6 Å². The molecular formula is C19H16Cl2FN3O2S. The van der Waals surface area contributed by atoms with Gasteiger partial charge in [0.1, 0.15) is 17.1 Å². The molecule has 0 radical (unpaired) electrons. The second-order valence-electron chi connectivity index (χ2n) is 6.30. The first-order chi connectivity index (χ1) is 13.5. The molecule has 146 valence electrons. The number of piperazine rings is 1. The van der Waals surface area contributed by atoms with Crippen LogP contribution < -0.4 is 9.64 Å². The molecule has 1 amide bonds. The highest BCUT2D eigenvalue weighted by Gasteiger charge is 2.27. The van der Waals surface area contributed by atoms with Gasteiger partial charge in [-0.05, 0) is 24.3 Å². The van der Waals surface area contributed by atoms with Crippen LogP contribution in [0.5, 0.6) is 5.75 Å². The summed E-state index contributed by atoms with van der Waals surface area (Å²) >= 11 is 13.8. The van der Waals surface area contributed by atoms with E-state index in [4.69, 9.17) is 27.9 Å². The van der Waals surface area contributed by atoms with Gasteiger partial charge in [0.05, 0.1) is 27.4 Å². The Bertz CT molecular complexity index is 1030. The van der Waals surface area contributed by atoms with Crippen LogP contribution in [0, 0.1) is 5.82 Å². The van der Waals surface area contributed by atoms with Gasteiger partial charge in [0, 0.05) is 26.2 Å². The van der Waals surface area contributed by atoms with Crippen LogP contribution >= 0.6 is 34.5 Å². The van der Waals surface area contributed by atoms with Gasteiger partial charge in [-0.15, -0.1) is 0 Å². The quantitative estimate of drug-likeness (QED) is 0.592. The van der Waals surface area contributed by atoms with Crippen molar-refractivity contribution in [3.8, 4) is 5.75 Å². The molecule has 1 fully saturated rings. The predicted octanol–water partition coefficient (Wildman–Crippen LogP) is 4.71. The van der Waals surface area contributed by atoms with Crippen molar-refractivity contribution in [3.05, 3.63) is 51.8 Å². The van der Waals surface area contributed by atoms with E-state index in [-0.39, 0.29) is 10.6 Å². The summed E-state index contributed by atoms with van der Waals surface area (Å²) in [6, 6.07) is 7.83. The third kappa shape index (κ3) is 3.38. The number of carbonyl (C=O) groups excluding carboxylic acids is 1. The van der Waals surface area contributed by atoms with Crippen molar-refractivity contribution in [1.82, 2.24) is 9.88 Å². The van der Waals surface area contributed by atoms with Gasteiger partial charge in [0.15, 0.2) is 5.13 Å². The monoisotopic (exact) mass is 439 g/mol. The largest absolute Gasteiger partial charge is 0.494 e. The number of halogens is 3. The molecule has 1 saturated heterocycles. The number of thiazole rings is 1. The molecule has 28 heavy (non-hydrogen) atoms. The Morgan fingerprint density at radius 2 is 1.89 bits per heavy atom. The number of benzene rings is 2. The Hall–Kier alpha value is -2.09. The van der Waals surface area contributed by atoms with E-state index in [1.54, 1.807) is 24.1 Å². The number of anilines is 1. The molecule has 0 spiro atoms. The van der Waals surface area contributed by atoms with Gasteiger partial charge >= 0.3 is 0 Å². The van der Waals surface area contributed by atoms with Crippen LogP contribution in [-0.4, -0.2) is 49.1 Å². The molecule has 0 saturated carbocycles. The summed E-state index contributed by atoms with van der Waals surface area (Å²) in [5.41, 5.74) is 0.653. The highest BCUT2D eigenvalue weighted by Crippen LogP contribution is 2.39. The second-order valence-corrected chi connectivity index (χ2v) is 8.09. The van der Waals surface area contributed by atoms with Crippen LogP contribution in [0.3, 0.4) is 0 Å². The third-order valence-corrected chi connectivity index (χ3v) is 6.57. The SMILES string of the molecule is COc1ccc(Cl)c2sc(N3CCN(C(=O)c4c(F)cccc4Cl)CC3)nc12.